The summed E-state index contributed by atoms with van der Waals surface area (Å²) < 4.78 is 18.9. The molecule has 1 aromatic carbocycles. The summed E-state index contributed by atoms with van der Waals surface area (Å²) in [6, 6.07) is 3.91. The van der Waals surface area contributed by atoms with Crippen molar-refractivity contribution in [2.24, 2.45) is 5.92 Å². The zero-order valence-electron chi connectivity index (χ0n) is 9.99. The van der Waals surface area contributed by atoms with Gasteiger partial charge in [0.2, 0.25) is 0 Å². The summed E-state index contributed by atoms with van der Waals surface area (Å²) >= 11 is 0. The number of anilines is 1. The molecule has 0 aromatic heterocycles. The number of hydrogen-bond donors (Lipinski definition) is 2. The highest BCUT2D eigenvalue weighted by Crippen LogP contribution is 2.19. The second-order valence-corrected chi connectivity index (χ2v) is 4.44. The van der Waals surface area contributed by atoms with Crippen molar-refractivity contribution in [3.63, 3.8) is 0 Å². The van der Waals surface area contributed by atoms with E-state index in [0.29, 0.717) is 18.2 Å². The molecule has 2 rings (SSSR count). The summed E-state index contributed by atoms with van der Waals surface area (Å²) in [6.45, 7) is 2.20. The van der Waals surface area contributed by atoms with Crippen LogP contribution in [0.3, 0.4) is 0 Å². The van der Waals surface area contributed by atoms with Gasteiger partial charge in [-0.1, -0.05) is 0 Å². The predicted molar refractivity (Wildman–Crippen MR) is 65.4 cm³/mol. The number of benzene rings is 1. The zero-order valence-corrected chi connectivity index (χ0v) is 9.99. The van der Waals surface area contributed by atoms with E-state index in [0.717, 1.165) is 32.1 Å². The highest BCUT2D eigenvalue weighted by atomic mass is 19.1. The molecule has 0 amide bonds. The lowest BCUT2D eigenvalue weighted by Crippen LogP contribution is -2.23. The number of carboxylic acids is 1. The summed E-state index contributed by atoms with van der Waals surface area (Å²) in [6.07, 6.45) is 1.95. The van der Waals surface area contributed by atoms with Crippen molar-refractivity contribution in [1.29, 1.82) is 0 Å². The molecular formula is C13H16FNO3. The van der Waals surface area contributed by atoms with Gasteiger partial charge >= 0.3 is 5.97 Å². The molecule has 0 atom stereocenters. The maximum atomic E-state index is 13.6. The summed E-state index contributed by atoms with van der Waals surface area (Å²) in [5.41, 5.74) is 0.315. The van der Waals surface area contributed by atoms with E-state index in [4.69, 9.17) is 9.84 Å². The van der Waals surface area contributed by atoms with Crippen LogP contribution in [-0.4, -0.2) is 30.8 Å². The first kappa shape index (κ1) is 12.8. The van der Waals surface area contributed by atoms with Crippen LogP contribution in [-0.2, 0) is 4.74 Å². The van der Waals surface area contributed by atoms with Gasteiger partial charge in [-0.3, -0.25) is 0 Å². The SMILES string of the molecule is O=C(O)c1ccc(NCC2CCOCC2)c(F)c1. The van der Waals surface area contributed by atoms with Gasteiger partial charge in [0.05, 0.1) is 11.3 Å². The number of hydrogen-bond acceptors (Lipinski definition) is 3. The van der Waals surface area contributed by atoms with Crippen LogP contribution in [0.1, 0.15) is 23.2 Å². The smallest absolute Gasteiger partial charge is 0.335 e. The van der Waals surface area contributed by atoms with E-state index in [1.807, 2.05) is 0 Å². The van der Waals surface area contributed by atoms with Crippen LogP contribution < -0.4 is 5.32 Å². The number of carbonyl (C=O) groups is 1. The largest absolute Gasteiger partial charge is 0.478 e. The molecule has 98 valence electrons. The van der Waals surface area contributed by atoms with Crippen LogP contribution >= 0.6 is 0 Å². The Morgan fingerprint density at radius 2 is 2.17 bits per heavy atom. The number of carboxylic acid groups (broad SMARTS) is 1. The Labute approximate surface area is 105 Å². The van der Waals surface area contributed by atoms with E-state index < -0.39 is 11.8 Å². The third kappa shape index (κ3) is 3.20. The van der Waals surface area contributed by atoms with Gasteiger partial charge < -0.3 is 15.2 Å². The average molecular weight is 253 g/mol. The van der Waals surface area contributed by atoms with Gasteiger partial charge in [0.15, 0.2) is 0 Å². The van der Waals surface area contributed by atoms with E-state index in [1.54, 1.807) is 0 Å². The van der Waals surface area contributed by atoms with Crippen LogP contribution in [0.5, 0.6) is 0 Å². The van der Waals surface area contributed by atoms with Crippen LogP contribution in [0.25, 0.3) is 0 Å². The normalized spacial score (nSPS) is 16.5. The van der Waals surface area contributed by atoms with Gasteiger partial charge in [-0.15, -0.1) is 0 Å². The number of ether oxygens (including phenoxy) is 1. The molecule has 1 heterocycles. The molecule has 0 saturated carbocycles. The molecule has 1 aliphatic heterocycles. The predicted octanol–water partition coefficient (Wildman–Crippen LogP) is 2.36. The highest BCUT2D eigenvalue weighted by Gasteiger charge is 2.14. The molecule has 5 heteroatoms. The Kier molecular flexibility index (Phi) is 4.15. The molecular weight excluding hydrogens is 237 g/mol. The third-order valence-corrected chi connectivity index (χ3v) is 3.14. The quantitative estimate of drug-likeness (QED) is 0.864. The Morgan fingerprint density at radius 1 is 1.44 bits per heavy atom. The molecule has 0 aliphatic carbocycles. The molecule has 0 bridgehead atoms. The fourth-order valence-electron chi connectivity index (χ4n) is 2.00. The van der Waals surface area contributed by atoms with Crippen LogP contribution in [0.4, 0.5) is 10.1 Å². The molecule has 1 aromatic rings. The van der Waals surface area contributed by atoms with Crippen molar-refractivity contribution in [2.75, 3.05) is 25.1 Å². The molecule has 18 heavy (non-hydrogen) atoms. The van der Waals surface area contributed by atoms with Gasteiger partial charge in [-0.2, -0.15) is 0 Å². The van der Waals surface area contributed by atoms with Gasteiger partial charge in [0.1, 0.15) is 5.82 Å². The number of halogens is 1. The van der Waals surface area contributed by atoms with E-state index in [-0.39, 0.29) is 5.56 Å². The Balaban J connectivity index is 1.94. The monoisotopic (exact) mass is 253 g/mol. The first-order valence-electron chi connectivity index (χ1n) is 6.01. The van der Waals surface area contributed by atoms with Crippen molar-refractivity contribution >= 4 is 11.7 Å². The Bertz CT molecular complexity index is 430. The number of aromatic carboxylic acids is 1. The fourth-order valence-corrected chi connectivity index (χ4v) is 2.00. The van der Waals surface area contributed by atoms with Crippen molar-refractivity contribution in [2.45, 2.75) is 12.8 Å². The van der Waals surface area contributed by atoms with E-state index in [9.17, 15) is 9.18 Å². The first-order chi connectivity index (χ1) is 8.66. The lowest BCUT2D eigenvalue weighted by atomic mass is 10.0. The van der Waals surface area contributed by atoms with Crippen LogP contribution in [0.2, 0.25) is 0 Å². The number of nitrogens with one attached hydrogen (secondary N) is 1. The van der Waals surface area contributed by atoms with Crippen molar-refractivity contribution < 1.29 is 19.0 Å². The first-order valence-corrected chi connectivity index (χ1v) is 6.01. The second-order valence-electron chi connectivity index (χ2n) is 4.44. The molecule has 1 saturated heterocycles. The molecule has 1 aliphatic rings. The van der Waals surface area contributed by atoms with Crippen LogP contribution in [0.15, 0.2) is 18.2 Å². The molecule has 4 nitrogen and oxygen atoms in total. The van der Waals surface area contributed by atoms with Gasteiger partial charge in [0.25, 0.3) is 0 Å². The number of rotatable bonds is 4. The highest BCUT2D eigenvalue weighted by molar-refractivity contribution is 5.88. The minimum absolute atomic E-state index is 0.0379. The van der Waals surface area contributed by atoms with Crippen molar-refractivity contribution in [1.82, 2.24) is 0 Å². The summed E-state index contributed by atoms with van der Waals surface area (Å²) in [5.74, 6) is -1.16. The average Bonchev–Trinajstić information content (AvgIpc) is 2.38. The zero-order chi connectivity index (χ0) is 13.0. The second kappa shape index (κ2) is 5.82. The van der Waals surface area contributed by atoms with E-state index in [1.165, 1.54) is 12.1 Å². The molecule has 0 unspecified atom stereocenters. The van der Waals surface area contributed by atoms with Crippen molar-refractivity contribution in [3.05, 3.63) is 29.6 Å². The Hall–Kier alpha value is -1.62. The lowest BCUT2D eigenvalue weighted by Gasteiger charge is -2.22. The fraction of sp³-hybridized carbons (Fsp3) is 0.462. The topological polar surface area (TPSA) is 58.6 Å². The summed E-state index contributed by atoms with van der Waals surface area (Å²) in [5, 5.41) is 11.8. The molecule has 0 spiro atoms. The molecule has 2 N–H and O–H groups in total. The van der Waals surface area contributed by atoms with Gasteiger partial charge in [-0.25, -0.2) is 9.18 Å². The Morgan fingerprint density at radius 3 is 2.78 bits per heavy atom. The third-order valence-electron chi connectivity index (χ3n) is 3.14. The minimum atomic E-state index is -1.12. The molecule has 1 fully saturated rings. The summed E-state index contributed by atoms with van der Waals surface area (Å²) in [4.78, 5) is 10.7. The summed E-state index contributed by atoms with van der Waals surface area (Å²) in [7, 11) is 0. The van der Waals surface area contributed by atoms with E-state index in [2.05, 4.69) is 5.32 Å². The standard InChI is InChI=1S/C13H16FNO3/c14-11-7-10(13(16)17)1-2-12(11)15-8-9-3-5-18-6-4-9/h1-2,7,9,15H,3-6,8H2,(H,16,17). The van der Waals surface area contributed by atoms with E-state index >= 15 is 0 Å². The maximum Gasteiger partial charge on any atom is 0.335 e. The van der Waals surface area contributed by atoms with Gasteiger partial charge in [-0.05, 0) is 37.0 Å². The van der Waals surface area contributed by atoms with Gasteiger partial charge in [0, 0.05) is 19.8 Å². The lowest BCUT2D eigenvalue weighted by molar-refractivity contribution is 0.0693. The molecule has 0 radical (unpaired) electrons. The van der Waals surface area contributed by atoms with Crippen molar-refractivity contribution in [3.8, 4) is 0 Å². The minimum Gasteiger partial charge on any atom is -0.478 e. The maximum absolute atomic E-state index is 13.6. The van der Waals surface area contributed by atoms with Crippen LogP contribution in [0, 0.1) is 11.7 Å².